The summed E-state index contributed by atoms with van der Waals surface area (Å²) in [7, 11) is -3.53. The van der Waals surface area contributed by atoms with Gasteiger partial charge in [0.15, 0.2) is 0 Å². The zero-order chi connectivity index (χ0) is 21.4. The number of piperazine rings is 1. The normalized spacial score (nSPS) is 15.3. The first-order chi connectivity index (χ1) is 14.5. The van der Waals surface area contributed by atoms with E-state index in [1.165, 1.54) is 0 Å². The number of sulfonamides is 1. The largest absolute Gasteiger partial charge is 0.332 e. The van der Waals surface area contributed by atoms with Crippen molar-refractivity contribution in [2.75, 3.05) is 39.3 Å². The standard InChI is InChI=1S/C23H31N3O3S/c1-2-25-16-18-26(19-17-25)23(27)13-10-21-8-11-22(12-9-21)30(28,29)24-15-14-20-6-4-3-5-7-20/h3-9,11-12,24H,2,10,13-19H2,1H3/p+1. The van der Waals surface area contributed by atoms with E-state index < -0.39 is 10.0 Å². The van der Waals surface area contributed by atoms with Crippen LogP contribution in [0.1, 0.15) is 24.5 Å². The second-order valence-corrected chi connectivity index (χ2v) is 9.53. The van der Waals surface area contributed by atoms with Gasteiger partial charge in [-0.05, 0) is 43.0 Å². The highest BCUT2D eigenvalue weighted by Crippen LogP contribution is 2.13. The Morgan fingerprint density at radius 2 is 1.60 bits per heavy atom. The predicted octanol–water partition coefficient (Wildman–Crippen LogP) is 0.887. The molecule has 0 aliphatic carbocycles. The van der Waals surface area contributed by atoms with E-state index in [-0.39, 0.29) is 10.8 Å². The van der Waals surface area contributed by atoms with Crippen LogP contribution in [0.2, 0.25) is 0 Å². The summed E-state index contributed by atoms with van der Waals surface area (Å²) in [4.78, 5) is 16.2. The molecule has 1 heterocycles. The molecule has 3 rings (SSSR count). The third kappa shape index (κ3) is 6.39. The Balaban J connectivity index is 1.46. The molecule has 6 nitrogen and oxygen atoms in total. The van der Waals surface area contributed by atoms with Crippen LogP contribution in [0.4, 0.5) is 0 Å². The van der Waals surface area contributed by atoms with E-state index in [0.29, 0.717) is 25.8 Å². The van der Waals surface area contributed by atoms with Gasteiger partial charge in [-0.1, -0.05) is 42.5 Å². The molecule has 30 heavy (non-hydrogen) atoms. The van der Waals surface area contributed by atoms with Crippen molar-refractivity contribution in [2.24, 2.45) is 0 Å². The maximum atomic E-state index is 12.5. The van der Waals surface area contributed by atoms with Crippen LogP contribution in [0.15, 0.2) is 59.5 Å². The number of nitrogens with one attached hydrogen (secondary N) is 2. The molecule has 0 bridgehead atoms. The number of rotatable bonds is 9. The lowest BCUT2D eigenvalue weighted by molar-refractivity contribution is -0.902. The minimum absolute atomic E-state index is 0.185. The fraction of sp³-hybridized carbons (Fsp3) is 0.435. The summed E-state index contributed by atoms with van der Waals surface area (Å²) in [5, 5.41) is 0. The van der Waals surface area contributed by atoms with Crippen molar-refractivity contribution in [1.29, 1.82) is 0 Å². The zero-order valence-corrected chi connectivity index (χ0v) is 18.5. The number of likely N-dealkylation sites (N-methyl/N-ethyl adjacent to an activating group) is 1. The summed E-state index contributed by atoms with van der Waals surface area (Å²) < 4.78 is 27.6. The SMILES string of the molecule is CC[NH+]1CCN(C(=O)CCc2ccc(S(=O)(=O)NCCc3ccccc3)cc2)CC1. The molecule has 2 aromatic carbocycles. The summed E-state index contributed by atoms with van der Waals surface area (Å²) in [6.07, 6.45) is 1.73. The molecule has 1 amide bonds. The highest BCUT2D eigenvalue weighted by molar-refractivity contribution is 7.89. The first-order valence-electron chi connectivity index (χ1n) is 10.7. The lowest BCUT2D eigenvalue weighted by atomic mass is 10.1. The number of nitrogens with zero attached hydrogens (tertiary/aromatic N) is 1. The molecule has 2 N–H and O–H groups in total. The van der Waals surface area contributed by atoms with Gasteiger partial charge in [-0.15, -0.1) is 0 Å². The number of hydrogen-bond donors (Lipinski definition) is 2. The lowest BCUT2D eigenvalue weighted by Crippen LogP contribution is -3.14. The van der Waals surface area contributed by atoms with Gasteiger partial charge in [0.1, 0.15) is 0 Å². The Bertz CT molecular complexity index is 906. The van der Waals surface area contributed by atoms with Gasteiger partial charge in [0.2, 0.25) is 15.9 Å². The molecular weight excluding hydrogens is 398 g/mol. The van der Waals surface area contributed by atoms with Crippen LogP contribution in [0.25, 0.3) is 0 Å². The minimum atomic E-state index is -3.53. The van der Waals surface area contributed by atoms with Gasteiger partial charge < -0.3 is 9.80 Å². The smallest absolute Gasteiger partial charge is 0.240 e. The van der Waals surface area contributed by atoms with E-state index in [9.17, 15) is 13.2 Å². The van der Waals surface area contributed by atoms with Crippen LogP contribution in [0, 0.1) is 0 Å². The molecule has 0 saturated carbocycles. The van der Waals surface area contributed by atoms with Crippen LogP contribution in [0.3, 0.4) is 0 Å². The van der Waals surface area contributed by atoms with Gasteiger partial charge in [0.05, 0.1) is 37.6 Å². The first-order valence-corrected chi connectivity index (χ1v) is 12.2. The minimum Gasteiger partial charge on any atom is -0.332 e. The lowest BCUT2D eigenvalue weighted by Gasteiger charge is -2.31. The van der Waals surface area contributed by atoms with E-state index in [4.69, 9.17) is 0 Å². The quantitative estimate of drug-likeness (QED) is 0.621. The average molecular weight is 431 g/mol. The van der Waals surface area contributed by atoms with Gasteiger partial charge in [-0.2, -0.15) is 0 Å². The Kier molecular flexibility index (Phi) is 8.01. The summed E-state index contributed by atoms with van der Waals surface area (Å²) in [6, 6.07) is 16.6. The van der Waals surface area contributed by atoms with Gasteiger partial charge in [0, 0.05) is 13.0 Å². The summed E-state index contributed by atoms with van der Waals surface area (Å²) in [5.41, 5.74) is 2.07. The van der Waals surface area contributed by atoms with Crippen molar-refractivity contribution in [3.8, 4) is 0 Å². The molecule has 7 heteroatoms. The van der Waals surface area contributed by atoms with Gasteiger partial charge in [-0.3, -0.25) is 4.79 Å². The topological polar surface area (TPSA) is 70.9 Å². The third-order valence-corrected chi connectivity index (χ3v) is 7.21. The van der Waals surface area contributed by atoms with Crippen molar-refractivity contribution in [2.45, 2.75) is 31.1 Å². The average Bonchev–Trinajstić information content (AvgIpc) is 2.78. The van der Waals surface area contributed by atoms with Crippen LogP contribution in [-0.2, 0) is 27.7 Å². The maximum absolute atomic E-state index is 12.5. The molecule has 0 aromatic heterocycles. The number of amides is 1. The van der Waals surface area contributed by atoms with Crippen molar-refractivity contribution >= 4 is 15.9 Å². The van der Waals surface area contributed by atoms with Crippen LogP contribution < -0.4 is 9.62 Å². The van der Waals surface area contributed by atoms with Crippen molar-refractivity contribution in [3.05, 3.63) is 65.7 Å². The Morgan fingerprint density at radius 1 is 0.967 bits per heavy atom. The Hall–Kier alpha value is -2.22. The monoisotopic (exact) mass is 430 g/mol. The molecule has 1 fully saturated rings. The molecular formula is C23H32N3O3S+. The summed E-state index contributed by atoms with van der Waals surface area (Å²) in [5.74, 6) is 0.185. The Labute approximate surface area is 179 Å². The van der Waals surface area contributed by atoms with Crippen molar-refractivity contribution in [3.63, 3.8) is 0 Å². The second kappa shape index (κ2) is 10.7. The second-order valence-electron chi connectivity index (χ2n) is 7.76. The number of carbonyl (C=O) groups excluding carboxylic acids is 1. The van der Waals surface area contributed by atoms with E-state index in [1.54, 1.807) is 29.2 Å². The summed E-state index contributed by atoms with van der Waals surface area (Å²) in [6.45, 7) is 7.34. The molecule has 1 aliphatic rings. The molecule has 0 unspecified atom stereocenters. The molecule has 0 radical (unpaired) electrons. The number of aryl methyl sites for hydroxylation is 1. The third-order valence-electron chi connectivity index (χ3n) is 5.73. The molecule has 162 valence electrons. The molecule has 2 aromatic rings. The fourth-order valence-corrected chi connectivity index (χ4v) is 4.76. The number of benzene rings is 2. The fourth-order valence-electron chi connectivity index (χ4n) is 3.73. The maximum Gasteiger partial charge on any atom is 0.240 e. The molecule has 0 spiro atoms. The van der Waals surface area contributed by atoms with Gasteiger partial charge in [0.25, 0.3) is 0 Å². The summed E-state index contributed by atoms with van der Waals surface area (Å²) >= 11 is 0. The van der Waals surface area contributed by atoms with Crippen LogP contribution in [-0.4, -0.2) is 58.5 Å². The van der Waals surface area contributed by atoms with Crippen molar-refractivity contribution in [1.82, 2.24) is 9.62 Å². The zero-order valence-electron chi connectivity index (χ0n) is 17.6. The Morgan fingerprint density at radius 3 is 2.23 bits per heavy atom. The number of hydrogen-bond acceptors (Lipinski definition) is 3. The van der Waals surface area contributed by atoms with E-state index in [2.05, 4.69) is 11.6 Å². The molecule has 1 aliphatic heterocycles. The van der Waals surface area contributed by atoms with Crippen molar-refractivity contribution < 1.29 is 18.1 Å². The molecule has 0 atom stereocenters. The first kappa shape index (κ1) is 22.5. The number of quaternary nitrogens is 1. The van der Waals surface area contributed by atoms with Gasteiger partial charge >= 0.3 is 0 Å². The van der Waals surface area contributed by atoms with E-state index in [0.717, 1.165) is 43.9 Å². The van der Waals surface area contributed by atoms with Crippen LogP contribution >= 0.6 is 0 Å². The van der Waals surface area contributed by atoms with Gasteiger partial charge in [-0.25, -0.2) is 13.1 Å². The van der Waals surface area contributed by atoms with E-state index in [1.807, 2.05) is 35.2 Å². The number of carbonyl (C=O) groups is 1. The van der Waals surface area contributed by atoms with E-state index >= 15 is 0 Å². The molecule has 1 saturated heterocycles. The predicted molar refractivity (Wildman–Crippen MR) is 118 cm³/mol. The highest BCUT2D eigenvalue weighted by Gasteiger charge is 2.22. The van der Waals surface area contributed by atoms with Crippen LogP contribution in [0.5, 0.6) is 0 Å². The highest BCUT2D eigenvalue weighted by atomic mass is 32.2.